The molecule has 20 heavy (non-hydrogen) atoms. The Bertz CT molecular complexity index is 613. The topological polar surface area (TPSA) is 27.1 Å². The van der Waals surface area contributed by atoms with E-state index in [0.717, 1.165) is 38.1 Å². The van der Waals surface area contributed by atoms with Crippen LogP contribution >= 0.6 is 43.5 Å². The van der Waals surface area contributed by atoms with Crippen LogP contribution in [0.3, 0.4) is 0 Å². The van der Waals surface area contributed by atoms with Crippen molar-refractivity contribution in [2.24, 2.45) is 7.05 Å². The van der Waals surface area contributed by atoms with Gasteiger partial charge >= 0.3 is 0 Å². The maximum atomic E-state index is 5.89. The summed E-state index contributed by atoms with van der Waals surface area (Å²) >= 11 is 12.9. The fourth-order valence-electron chi connectivity index (χ4n) is 1.87. The number of ether oxygens (including phenoxy) is 1. The van der Waals surface area contributed by atoms with Crippen LogP contribution in [-0.4, -0.2) is 9.78 Å². The second-order valence-corrected chi connectivity index (χ2v) is 6.27. The van der Waals surface area contributed by atoms with Crippen LogP contribution in [0.2, 0.25) is 0 Å². The minimum absolute atomic E-state index is 0.452. The van der Waals surface area contributed by atoms with Crippen LogP contribution < -0.4 is 4.74 Å². The highest BCUT2D eigenvalue weighted by molar-refractivity contribution is 9.10. The Kier molecular flexibility index (Phi) is 5.52. The van der Waals surface area contributed by atoms with Crippen LogP contribution in [0.5, 0.6) is 5.75 Å². The van der Waals surface area contributed by atoms with E-state index in [4.69, 9.17) is 16.3 Å². The number of alkyl halides is 1. The highest BCUT2D eigenvalue weighted by atomic mass is 79.9. The van der Waals surface area contributed by atoms with Crippen molar-refractivity contribution in [3.8, 4) is 5.75 Å². The van der Waals surface area contributed by atoms with Crippen molar-refractivity contribution in [1.29, 1.82) is 0 Å². The summed E-state index contributed by atoms with van der Waals surface area (Å²) in [5.74, 6) is 1.25. The van der Waals surface area contributed by atoms with Crippen molar-refractivity contribution in [3.63, 3.8) is 0 Å². The van der Waals surface area contributed by atoms with Gasteiger partial charge < -0.3 is 4.74 Å². The molecule has 0 saturated heterocycles. The van der Waals surface area contributed by atoms with E-state index < -0.39 is 0 Å². The van der Waals surface area contributed by atoms with Crippen LogP contribution in [0.4, 0.5) is 0 Å². The lowest BCUT2D eigenvalue weighted by Crippen LogP contribution is -2.03. The number of nitrogens with zero attached hydrogens (tertiary/aromatic N) is 2. The average molecular weight is 423 g/mol. The highest BCUT2D eigenvalue weighted by Gasteiger charge is 2.13. The first-order chi connectivity index (χ1) is 9.56. The highest BCUT2D eigenvalue weighted by Crippen LogP contribution is 2.26. The number of hydrogen-bond donors (Lipinski definition) is 0. The van der Waals surface area contributed by atoms with Crippen LogP contribution in [0, 0.1) is 0 Å². The van der Waals surface area contributed by atoms with E-state index in [2.05, 4.69) is 43.9 Å². The molecule has 0 atom stereocenters. The lowest BCUT2D eigenvalue weighted by atomic mass is 10.2. The van der Waals surface area contributed by atoms with Gasteiger partial charge in [0, 0.05) is 17.4 Å². The zero-order valence-corrected chi connectivity index (χ0v) is 15.2. The van der Waals surface area contributed by atoms with Gasteiger partial charge in [-0.05, 0) is 46.1 Å². The van der Waals surface area contributed by atoms with Gasteiger partial charge in [-0.2, -0.15) is 5.10 Å². The largest absolute Gasteiger partial charge is 0.487 e. The second-order valence-electron chi connectivity index (χ2n) is 4.36. The van der Waals surface area contributed by atoms with Gasteiger partial charge in [-0.3, -0.25) is 4.68 Å². The van der Waals surface area contributed by atoms with Crippen molar-refractivity contribution >= 4 is 43.5 Å². The summed E-state index contributed by atoms with van der Waals surface area (Å²) in [5.41, 5.74) is 3.09. The fraction of sp³-hybridized carbons (Fsp3) is 0.357. The summed E-state index contributed by atoms with van der Waals surface area (Å²) < 4.78 is 9.71. The number of aryl methyl sites for hydroxylation is 2. The standard InChI is InChI=1S/C14H15Br2ClN2O/c1-3-12-14(16)13(19(2)18-12)8-20-10-4-5-11(15)9(6-10)7-17/h4-6H,3,7-8H2,1-2H3. The van der Waals surface area contributed by atoms with E-state index >= 15 is 0 Å². The molecule has 0 aliphatic carbocycles. The summed E-state index contributed by atoms with van der Waals surface area (Å²) in [6, 6.07) is 5.82. The third-order valence-electron chi connectivity index (χ3n) is 3.04. The molecular formula is C14H15Br2ClN2O. The van der Waals surface area contributed by atoms with Crippen LogP contribution in [0.1, 0.15) is 23.9 Å². The number of halogens is 3. The summed E-state index contributed by atoms with van der Waals surface area (Å²) in [7, 11) is 1.92. The Balaban J connectivity index is 2.15. The smallest absolute Gasteiger partial charge is 0.131 e. The van der Waals surface area contributed by atoms with E-state index in [0.29, 0.717) is 12.5 Å². The number of benzene rings is 1. The molecule has 0 N–H and O–H groups in total. The Morgan fingerprint density at radius 3 is 2.70 bits per heavy atom. The van der Waals surface area contributed by atoms with Crippen molar-refractivity contribution in [2.45, 2.75) is 25.8 Å². The quantitative estimate of drug-likeness (QED) is 0.646. The lowest BCUT2D eigenvalue weighted by molar-refractivity contribution is 0.294. The first kappa shape index (κ1) is 15.9. The first-order valence-corrected chi connectivity index (χ1v) is 8.36. The maximum absolute atomic E-state index is 5.89. The van der Waals surface area contributed by atoms with Crippen molar-refractivity contribution in [2.75, 3.05) is 0 Å². The van der Waals surface area contributed by atoms with Gasteiger partial charge in [0.15, 0.2) is 0 Å². The molecule has 108 valence electrons. The van der Waals surface area contributed by atoms with Crippen LogP contribution in [-0.2, 0) is 26.0 Å². The van der Waals surface area contributed by atoms with Gasteiger partial charge in [0.05, 0.1) is 15.9 Å². The van der Waals surface area contributed by atoms with Gasteiger partial charge in [-0.15, -0.1) is 11.6 Å². The monoisotopic (exact) mass is 420 g/mol. The van der Waals surface area contributed by atoms with Crippen LogP contribution in [0.15, 0.2) is 27.1 Å². The predicted octanol–water partition coefficient (Wildman–Crippen LogP) is 4.83. The number of rotatable bonds is 5. The third kappa shape index (κ3) is 3.38. The normalized spacial score (nSPS) is 10.8. The number of aromatic nitrogens is 2. The minimum atomic E-state index is 0.452. The molecule has 0 aliphatic rings. The zero-order chi connectivity index (χ0) is 14.7. The van der Waals surface area contributed by atoms with E-state index in [1.165, 1.54) is 0 Å². The molecule has 1 aromatic carbocycles. The molecule has 3 nitrogen and oxygen atoms in total. The van der Waals surface area contributed by atoms with E-state index in [1.54, 1.807) is 0 Å². The Hall–Kier alpha value is -0.520. The van der Waals surface area contributed by atoms with E-state index in [-0.39, 0.29) is 0 Å². The van der Waals surface area contributed by atoms with Crippen LogP contribution in [0.25, 0.3) is 0 Å². The predicted molar refractivity (Wildman–Crippen MR) is 88.3 cm³/mol. The molecule has 2 rings (SSSR count). The number of hydrogen-bond acceptors (Lipinski definition) is 2. The van der Waals surface area contributed by atoms with Gasteiger partial charge in [0.1, 0.15) is 12.4 Å². The van der Waals surface area contributed by atoms with Gasteiger partial charge in [0.2, 0.25) is 0 Å². The van der Waals surface area contributed by atoms with Crippen molar-refractivity contribution < 1.29 is 4.74 Å². The lowest BCUT2D eigenvalue weighted by Gasteiger charge is -2.09. The molecule has 0 unspecified atom stereocenters. The molecule has 2 aromatic rings. The summed E-state index contributed by atoms with van der Waals surface area (Å²) in [5, 5.41) is 4.45. The van der Waals surface area contributed by atoms with Crippen molar-refractivity contribution in [3.05, 3.63) is 44.1 Å². The Morgan fingerprint density at radius 1 is 1.35 bits per heavy atom. The van der Waals surface area contributed by atoms with Gasteiger partial charge in [-0.1, -0.05) is 22.9 Å². The molecule has 0 radical (unpaired) electrons. The third-order valence-corrected chi connectivity index (χ3v) is 5.02. The van der Waals surface area contributed by atoms with Gasteiger partial charge in [0.25, 0.3) is 0 Å². The van der Waals surface area contributed by atoms with E-state index in [1.807, 2.05) is 29.9 Å². The fourth-order valence-corrected chi connectivity index (χ4v) is 3.37. The Labute approximate surface area is 140 Å². The molecule has 0 bridgehead atoms. The summed E-state index contributed by atoms with van der Waals surface area (Å²) in [4.78, 5) is 0. The molecule has 0 fully saturated rings. The molecule has 1 aromatic heterocycles. The second kappa shape index (κ2) is 6.96. The van der Waals surface area contributed by atoms with Gasteiger partial charge in [-0.25, -0.2) is 0 Å². The molecular weight excluding hydrogens is 407 g/mol. The summed E-state index contributed by atoms with van der Waals surface area (Å²) in [6.07, 6.45) is 0.892. The zero-order valence-electron chi connectivity index (χ0n) is 11.3. The van der Waals surface area contributed by atoms with Crippen molar-refractivity contribution in [1.82, 2.24) is 9.78 Å². The molecule has 1 heterocycles. The SMILES string of the molecule is CCc1nn(C)c(COc2ccc(Br)c(CCl)c2)c1Br. The Morgan fingerprint density at radius 2 is 2.10 bits per heavy atom. The molecule has 6 heteroatoms. The van der Waals surface area contributed by atoms with E-state index in [9.17, 15) is 0 Å². The molecule has 0 spiro atoms. The molecule has 0 amide bonds. The first-order valence-electron chi connectivity index (χ1n) is 6.24. The summed E-state index contributed by atoms with van der Waals surface area (Å²) in [6.45, 7) is 2.55. The molecule has 0 saturated carbocycles. The average Bonchev–Trinajstić information content (AvgIpc) is 2.72. The molecule has 0 aliphatic heterocycles. The maximum Gasteiger partial charge on any atom is 0.131 e. The minimum Gasteiger partial charge on any atom is -0.487 e.